The van der Waals surface area contributed by atoms with Gasteiger partial charge in [-0.3, -0.25) is 0 Å². The summed E-state index contributed by atoms with van der Waals surface area (Å²) in [6, 6.07) is 13.0. The number of hydrogen-bond acceptors (Lipinski definition) is 4. The van der Waals surface area contributed by atoms with Crippen molar-refractivity contribution >= 4 is 17.3 Å². The maximum absolute atomic E-state index is 13.9. The lowest BCUT2D eigenvalue weighted by Gasteiger charge is -2.06. The Morgan fingerprint density at radius 1 is 1.07 bits per heavy atom. The molecule has 0 amide bonds. The minimum Gasteiger partial charge on any atom is -0.476 e. The van der Waals surface area contributed by atoms with Gasteiger partial charge in [0.1, 0.15) is 0 Å². The van der Waals surface area contributed by atoms with E-state index in [1.807, 2.05) is 37.3 Å². The van der Waals surface area contributed by atoms with E-state index in [1.165, 1.54) is 16.1 Å². The number of carboxylic acid groups (broad SMARTS) is 1. The molecule has 2 heterocycles. The van der Waals surface area contributed by atoms with Crippen LogP contribution < -0.4 is 0 Å². The number of halogens is 2. The van der Waals surface area contributed by atoms with Crippen molar-refractivity contribution < 1.29 is 18.7 Å². The quantitative estimate of drug-likeness (QED) is 0.529. The molecule has 0 unspecified atom stereocenters. The molecule has 4 rings (SSSR count). The van der Waals surface area contributed by atoms with Crippen LogP contribution in [0.25, 0.3) is 27.6 Å². The highest BCUT2D eigenvalue weighted by Gasteiger charge is 2.22. The Hall–Kier alpha value is -3.39. The number of hydrogen-bond donors (Lipinski definition) is 1. The van der Waals surface area contributed by atoms with Crippen LogP contribution in [0.2, 0.25) is 0 Å². The smallest absolute Gasteiger partial charge is 0.355 e. The highest BCUT2D eigenvalue weighted by atomic mass is 32.1. The molecule has 0 atom stereocenters. The molecule has 0 aliphatic rings. The summed E-state index contributed by atoms with van der Waals surface area (Å²) < 4.78 is 28.8. The summed E-state index contributed by atoms with van der Waals surface area (Å²) in [4.78, 5) is 15.3. The van der Waals surface area contributed by atoms with Crippen LogP contribution in [0.4, 0.5) is 8.78 Å². The molecular formula is C20H13F2N3O2S. The van der Waals surface area contributed by atoms with Gasteiger partial charge in [-0.25, -0.2) is 23.2 Å². The van der Waals surface area contributed by atoms with Crippen molar-refractivity contribution in [1.29, 1.82) is 0 Å². The van der Waals surface area contributed by atoms with Crippen molar-refractivity contribution in [1.82, 2.24) is 14.8 Å². The van der Waals surface area contributed by atoms with Crippen molar-refractivity contribution in [2.45, 2.75) is 6.92 Å². The lowest BCUT2D eigenvalue weighted by molar-refractivity contribution is 0.0691. The van der Waals surface area contributed by atoms with Crippen molar-refractivity contribution in [2.24, 2.45) is 0 Å². The van der Waals surface area contributed by atoms with Crippen molar-refractivity contribution in [2.75, 3.05) is 0 Å². The van der Waals surface area contributed by atoms with E-state index in [1.54, 1.807) is 0 Å². The van der Waals surface area contributed by atoms with Gasteiger partial charge in [0.15, 0.2) is 17.3 Å². The van der Waals surface area contributed by atoms with E-state index in [0.29, 0.717) is 22.1 Å². The SMILES string of the molecule is Cc1c(-c2ccccc2)nn(-c2nc(C(=O)O)cs2)c1-c1ccc(F)c(F)c1. The summed E-state index contributed by atoms with van der Waals surface area (Å²) in [7, 11) is 0. The molecule has 0 aliphatic carbocycles. The maximum atomic E-state index is 13.9. The first kappa shape index (κ1) is 18.0. The molecule has 0 saturated carbocycles. The Morgan fingerprint density at radius 3 is 2.46 bits per heavy atom. The molecule has 1 N–H and O–H groups in total. The van der Waals surface area contributed by atoms with Gasteiger partial charge in [-0.05, 0) is 25.1 Å². The molecule has 5 nitrogen and oxygen atoms in total. The fourth-order valence-corrected chi connectivity index (χ4v) is 3.70. The Balaban J connectivity index is 1.97. The number of aromatic carboxylic acids is 1. The number of rotatable bonds is 4. The number of carbonyl (C=O) groups is 1. The number of carboxylic acids is 1. The van der Waals surface area contributed by atoms with E-state index in [2.05, 4.69) is 10.1 Å². The molecule has 2 aromatic carbocycles. The lowest BCUT2D eigenvalue weighted by Crippen LogP contribution is -2.02. The van der Waals surface area contributed by atoms with Gasteiger partial charge in [0.2, 0.25) is 5.13 Å². The predicted molar refractivity (Wildman–Crippen MR) is 102 cm³/mol. The normalized spacial score (nSPS) is 11.0. The monoisotopic (exact) mass is 397 g/mol. The molecule has 0 aliphatic heterocycles. The molecule has 0 bridgehead atoms. The van der Waals surface area contributed by atoms with Crippen LogP contribution in [0.15, 0.2) is 53.9 Å². The third kappa shape index (κ3) is 3.07. The fourth-order valence-electron chi connectivity index (χ4n) is 2.95. The van der Waals surface area contributed by atoms with Gasteiger partial charge in [-0.2, -0.15) is 5.10 Å². The highest BCUT2D eigenvalue weighted by Crippen LogP contribution is 2.34. The Kier molecular flexibility index (Phi) is 4.48. The molecule has 2 aromatic heterocycles. The average molecular weight is 397 g/mol. The number of aromatic nitrogens is 3. The van der Waals surface area contributed by atoms with Crippen LogP contribution in [0.3, 0.4) is 0 Å². The second-order valence-corrected chi connectivity index (χ2v) is 6.89. The average Bonchev–Trinajstić information content (AvgIpc) is 3.30. The van der Waals surface area contributed by atoms with Crippen molar-refractivity contribution in [3.8, 4) is 27.6 Å². The first-order chi connectivity index (χ1) is 13.5. The number of thiazole rings is 1. The number of nitrogens with zero attached hydrogens (tertiary/aromatic N) is 3. The van der Waals surface area contributed by atoms with Crippen LogP contribution >= 0.6 is 11.3 Å². The molecule has 0 fully saturated rings. The van der Waals surface area contributed by atoms with Crippen LogP contribution in [0, 0.1) is 18.6 Å². The van der Waals surface area contributed by atoms with Crippen molar-refractivity contribution in [3.05, 3.63) is 76.8 Å². The Bertz CT molecular complexity index is 1190. The van der Waals surface area contributed by atoms with Gasteiger partial charge in [-0.15, -0.1) is 11.3 Å². The van der Waals surface area contributed by atoms with E-state index in [0.717, 1.165) is 34.6 Å². The van der Waals surface area contributed by atoms with Gasteiger partial charge in [-0.1, -0.05) is 30.3 Å². The molecule has 0 radical (unpaired) electrons. The first-order valence-electron chi connectivity index (χ1n) is 8.25. The van der Waals surface area contributed by atoms with Crippen LogP contribution in [-0.4, -0.2) is 25.8 Å². The zero-order valence-corrected chi connectivity index (χ0v) is 15.4. The van der Waals surface area contributed by atoms with E-state index >= 15 is 0 Å². The topological polar surface area (TPSA) is 68.0 Å². The zero-order chi connectivity index (χ0) is 19.8. The molecular weight excluding hydrogens is 384 g/mol. The van der Waals surface area contributed by atoms with E-state index < -0.39 is 17.6 Å². The van der Waals surface area contributed by atoms with E-state index in [9.17, 15) is 13.6 Å². The minimum atomic E-state index is -1.15. The molecule has 4 aromatic rings. The summed E-state index contributed by atoms with van der Waals surface area (Å²) in [6.07, 6.45) is 0. The highest BCUT2D eigenvalue weighted by molar-refractivity contribution is 7.12. The zero-order valence-electron chi connectivity index (χ0n) is 14.6. The summed E-state index contributed by atoms with van der Waals surface area (Å²) >= 11 is 1.11. The van der Waals surface area contributed by atoms with Crippen LogP contribution in [0.5, 0.6) is 0 Å². The third-order valence-electron chi connectivity index (χ3n) is 4.25. The summed E-state index contributed by atoms with van der Waals surface area (Å²) in [5, 5.41) is 15.5. The summed E-state index contributed by atoms with van der Waals surface area (Å²) in [6.45, 7) is 1.83. The fraction of sp³-hybridized carbons (Fsp3) is 0.0500. The van der Waals surface area contributed by atoms with Gasteiger partial charge in [0, 0.05) is 22.1 Å². The second kappa shape index (κ2) is 6.97. The molecule has 28 heavy (non-hydrogen) atoms. The van der Waals surface area contributed by atoms with Crippen LogP contribution in [-0.2, 0) is 0 Å². The van der Waals surface area contributed by atoms with E-state index in [-0.39, 0.29) is 5.69 Å². The number of benzene rings is 2. The summed E-state index contributed by atoms with van der Waals surface area (Å²) in [5.74, 6) is -3.07. The predicted octanol–water partition coefficient (Wildman–Crippen LogP) is 4.95. The third-order valence-corrected chi connectivity index (χ3v) is 5.07. The standard InChI is InChI=1S/C20H13F2N3O2S/c1-11-17(12-5-3-2-4-6-12)24-25(20-23-16(10-28-20)19(26)27)18(11)13-7-8-14(21)15(22)9-13/h2-10H,1H3,(H,26,27). The van der Waals surface area contributed by atoms with E-state index in [4.69, 9.17) is 5.11 Å². The minimum absolute atomic E-state index is 0.106. The second-order valence-electron chi connectivity index (χ2n) is 6.05. The lowest BCUT2D eigenvalue weighted by atomic mass is 10.0. The molecule has 0 saturated heterocycles. The molecule has 0 spiro atoms. The first-order valence-corrected chi connectivity index (χ1v) is 9.13. The van der Waals surface area contributed by atoms with Gasteiger partial charge in [0.05, 0.1) is 11.4 Å². The van der Waals surface area contributed by atoms with Crippen molar-refractivity contribution in [3.63, 3.8) is 0 Å². The molecule has 8 heteroatoms. The Labute approximate surface area is 162 Å². The van der Waals surface area contributed by atoms with Gasteiger partial charge >= 0.3 is 5.97 Å². The maximum Gasteiger partial charge on any atom is 0.355 e. The molecule has 140 valence electrons. The van der Waals surface area contributed by atoms with Gasteiger partial charge in [0.25, 0.3) is 0 Å². The van der Waals surface area contributed by atoms with Gasteiger partial charge < -0.3 is 5.11 Å². The summed E-state index contributed by atoms with van der Waals surface area (Å²) in [5.41, 5.74) is 3.06. The Morgan fingerprint density at radius 2 is 1.82 bits per heavy atom. The largest absolute Gasteiger partial charge is 0.476 e. The van der Waals surface area contributed by atoms with Crippen LogP contribution in [0.1, 0.15) is 16.1 Å².